The fourth-order valence-corrected chi connectivity index (χ4v) is 4.38. The number of nitrogens with one attached hydrogen (secondary N) is 2. The van der Waals surface area contributed by atoms with E-state index in [0.717, 1.165) is 36.9 Å². The fourth-order valence-electron chi connectivity index (χ4n) is 4.38. The van der Waals surface area contributed by atoms with Crippen molar-refractivity contribution in [3.63, 3.8) is 0 Å². The molecule has 0 radical (unpaired) electrons. The molecule has 23 heavy (non-hydrogen) atoms. The lowest BCUT2D eigenvalue weighted by Crippen LogP contribution is -2.54. The van der Waals surface area contributed by atoms with Gasteiger partial charge in [-0.1, -0.05) is 6.42 Å². The second kappa shape index (κ2) is 7.05. The van der Waals surface area contributed by atoms with E-state index < -0.39 is 0 Å². The van der Waals surface area contributed by atoms with Crippen LogP contribution in [-0.2, 0) is 0 Å². The van der Waals surface area contributed by atoms with E-state index in [1.165, 1.54) is 6.42 Å². The topological polar surface area (TPSA) is 88.0 Å². The first-order chi connectivity index (χ1) is 10.5. The van der Waals surface area contributed by atoms with Crippen LogP contribution in [-0.4, -0.2) is 23.0 Å². The van der Waals surface area contributed by atoms with Crippen LogP contribution in [0.25, 0.3) is 0 Å². The minimum atomic E-state index is -0.298. The Bertz CT molecular complexity index is 629. The Morgan fingerprint density at radius 2 is 1.87 bits per heavy atom. The number of carbonyl (C=O) groups is 1. The lowest BCUT2D eigenvalue weighted by atomic mass is 9.67. The molecular weight excluding hydrogens is 314 g/mol. The number of carbonyl (C=O) groups excluding carboxylic acids is 1. The second-order valence-electron chi connectivity index (χ2n) is 7.02. The number of hydrogen-bond acceptors (Lipinski definition) is 3. The average molecular weight is 340 g/mol. The normalized spacial score (nSPS) is 29.5. The first kappa shape index (κ1) is 18.0. The van der Waals surface area contributed by atoms with E-state index >= 15 is 0 Å². The van der Waals surface area contributed by atoms with Gasteiger partial charge in [0, 0.05) is 17.8 Å². The van der Waals surface area contributed by atoms with Gasteiger partial charge in [-0.2, -0.15) is 0 Å². The Kier molecular flexibility index (Phi) is 5.53. The maximum atomic E-state index is 12.6. The van der Waals surface area contributed by atoms with Gasteiger partial charge in [0.25, 0.3) is 11.5 Å². The number of pyridine rings is 1. The van der Waals surface area contributed by atoms with E-state index in [1.54, 1.807) is 0 Å². The van der Waals surface area contributed by atoms with Gasteiger partial charge in [-0.05, 0) is 63.0 Å². The maximum Gasteiger partial charge on any atom is 0.261 e. The summed E-state index contributed by atoms with van der Waals surface area (Å²) in [5.74, 6) is 0.670. The van der Waals surface area contributed by atoms with E-state index in [2.05, 4.69) is 10.3 Å². The number of aromatic amines is 1. The van der Waals surface area contributed by atoms with Crippen molar-refractivity contribution in [2.24, 2.45) is 17.6 Å². The zero-order valence-corrected chi connectivity index (χ0v) is 14.5. The minimum Gasteiger partial charge on any atom is -0.349 e. The van der Waals surface area contributed by atoms with E-state index in [1.807, 2.05) is 19.9 Å². The molecule has 0 saturated heterocycles. The van der Waals surface area contributed by atoms with Crippen LogP contribution in [0.5, 0.6) is 0 Å². The molecule has 1 heterocycles. The molecule has 3 rings (SSSR count). The first-order valence-corrected chi connectivity index (χ1v) is 8.22. The van der Waals surface area contributed by atoms with Crippen molar-refractivity contribution in [2.75, 3.05) is 0 Å². The molecule has 1 aromatic heterocycles. The van der Waals surface area contributed by atoms with Crippen molar-refractivity contribution >= 4 is 18.3 Å². The maximum absolute atomic E-state index is 12.6. The van der Waals surface area contributed by atoms with Crippen molar-refractivity contribution < 1.29 is 4.79 Å². The average Bonchev–Trinajstić information content (AvgIpc) is 2.38. The summed E-state index contributed by atoms with van der Waals surface area (Å²) >= 11 is 0. The number of H-pyrrole nitrogens is 1. The summed E-state index contributed by atoms with van der Waals surface area (Å²) < 4.78 is 0. The molecule has 2 aliphatic rings. The van der Waals surface area contributed by atoms with Crippen LogP contribution < -0.4 is 16.6 Å². The highest BCUT2D eigenvalue weighted by Gasteiger charge is 2.40. The van der Waals surface area contributed by atoms with Gasteiger partial charge in [0.15, 0.2) is 0 Å². The molecule has 5 nitrogen and oxygen atoms in total. The highest BCUT2D eigenvalue weighted by molar-refractivity contribution is 5.95. The molecule has 128 valence electrons. The molecule has 2 aliphatic carbocycles. The lowest BCUT2D eigenvalue weighted by molar-refractivity contribution is 0.0754. The Morgan fingerprint density at radius 1 is 1.26 bits per heavy atom. The quantitative estimate of drug-likeness (QED) is 0.770. The van der Waals surface area contributed by atoms with Crippen molar-refractivity contribution in [1.29, 1.82) is 0 Å². The Balaban J connectivity index is 0.00000192. The third-order valence-electron chi connectivity index (χ3n) is 5.27. The number of fused-ring (bicyclic) bond motifs is 2. The number of amides is 1. The Hall–Kier alpha value is -1.33. The van der Waals surface area contributed by atoms with E-state index in [-0.39, 0.29) is 41.5 Å². The molecule has 0 aliphatic heterocycles. The summed E-state index contributed by atoms with van der Waals surface area (Å²) in [4.78, 5) is 27.4. The van der Waals surface area contributed by atoms with Gasteiger partial charge in [0.2, 0.25) is 0 Å². The summed E-state index contributed by atoms with van der Waals surface area (Å²) in [6.07, 6.45) is 5.42. The number of hydrogen-bond donors (Lipinski definition) is 3. The van der Waals surface area contributed by atoms with E-state index in [0.29, 0.717) is 11.8 Å². The first-order valence-electron chi connectivity index (χ1n) is 8.22. The number of halogens is 1. The van der Waals surface area contributed by atoms with Crippen LogP contribution in [0.1, 0.15) is 53.7 Å². The van der Waals surface area contributed by atoms with Gasteiger partial charge in [-0.25, -0.2) is 0 Å². The zero-order chi connectivity index (χ0) is 15.9. The Labute approximate surface area is 142 Å². The summed E-state index contributed by atoms with van der Waals surface area (Å²) in [5.41, 5.74) is 7.59. The van der Waals surface area contributed by atoms with Crippen LogP contribution >= 0.6 is 12.4 Å². The van der Waals surface area contributed by atoms with Crippen LogP contribution in [0.4, 0.5) is 0 Å². The molecular formula is C17H26ClN3O2. The Morgan fingerprint density at radius 3 is 2.43 bits per heavy atom. The minimum absolute atomic E-state index is 0. The van der Waals surface area contributed by atoms with Gasteiger partial charge in [-0.3, -0.25) is 9.59 Å². The van der Waals surface area contributed by atoms with Crippen molar-refractivity contribution in [3.05, 3.63) is 33.2 Å². The van der Waals surface area contributed by atoms with Gasteiger partial charge in [-0.15, -0.1) is 12.4 Å². The predicted octanol–water partition coefficient (Wildman–Crippen LogP) is 2.05. The predicted molar refractivity (Wildman–Crippen MR) is 93.1 cm³/mol. The highest BCUT2D eigenvalue weighted by atomic mass is 35.5. The largest absolute Gasteiger partial charge is 0.349 e. The molecule has 2 bridgehead atoms. The number of aromatic nitrogens is 1. The highest BCUT2D eigenvalue weighted by Crippen LogP contribution is 2.39. The molecule has 2 fully saturated rings. The SMILES string of the molecule is Cc1cc(C)c(C(=O)NC2C3CCCC2CC(N)C3)c(=O)[nH]1.Cl. The molecule has 0 aromatic carbocycles. The molecule has 1 amide bonds. The number of aryl methyl sites for hydroxylation is 2. The van der Waals surface area contributed by atoms with Crippen molar-refractivity contribution in [1.82, 2.24) is 10.3 Å². The van der Waals surface area contributed by atoms with Gasteiger partial charge < -0.3 is 16.0 Å². The van der Waals surface area contributed by atoms with E-state index in [9.17, 15) is 9.59 Å². The van der Waals surface area contributed by atoms with Gasteiger partial charge >= 0.3 is 0 Å². The third kappa shape index (κ3) is 3.61. The van der Waals surface area contributed by atoms with Crippen LogP contribution in [0.15, 0.2) is 10.9 Å². The molecule has 6 heteroatoms. The summed E-state index contributed by atoms with van der Waals surface area (Å²) in [6, 6.07) is 2.27. The lowest BCUT2D eigenvalue weighted by Gasteiger charge is -2.45. The van der Waals surface area contributed by atoms with Crippen molar-refractivity contribution in [2.45, 2.75) is 58.0 Å². The summed E-state index contributed by atoms with van der Waals surface area (Å²) in [5, 5.41) is 3.14. The molecule has 2 atom stereocenters. The monoisotopic (exact) mass is 339 g/mol. The summed E-state index contributed by atoms with van der Waals surface area (Å²) in [7, 11) is 0. The standard InChI is InChI=1S/C17H25N3O2.ClH/c1-9-6-10(2)19-16(21)14(9)17(22)20-15-11-4-3-5-12(15)8-13(18)7-11;/h6,11-13,15H,3-5,7-8,18H2,1-2H3,(H,19,21)(H,20,22);1H. The third-order valence-corrected chi connectivity index (χ3v) is 5.27. The molecule has 2 saturated carbocycles. The molecule has 2 unspecified atom stereocenters. The summed E-state index contributed by atoms with van der Waals surface area (Å²) in [6.45, 7) is 3.64. The van der Waals surface area contributed by atoms with E-state index in [4.69, 9.17) is 5.73 Å². The molecule has 1 aromatic rings. The molecule has 0 spiro atoms. The fraction of sp³-hybridized carbons (Fsp3) is 0.647. The van der Waals surface area contributed by atoms with Crippen LogP contribution in [0, 0.1) is 25.7 Å². The smallest absolute Gasteiger partial charge is 0.261 e. The van der Waals surface area contributed by atoms with Gasteiger partial charge in [0.1, 0.15) is 5.56 Å². The number of nitrogens with two attached hydrogens (primary N) is 1. The molecule has 4 N–H and O–H groups in total. The zero-order valence-electron chi connectivity index (χ0n) is 13.7. The number of rotatable bonds is 2. The van der Waals surface area contributed by atoms with Crippen LogP contribution in [0.3, 0.4) is 0 Å². The van der Waals surface area contributed by atoms with Crippen LogP contribution in [0.2, 0.25) is 0 Å². The second-order valence-corrected chi connectivity index (χ2v) is 7.02. The van der Waals surface area contributed by atoms with Gasteiger partial charge in [0.05, 0.1) is 0 Å². The van der Waals surface area contributed by atoms with Crippen molar-refractivity contribution in [3.8, 4) is 0 Å².